The molecule has 0 bridgehead atoms. The van der Waals surface area contributed by atoms with Crippen LogP contribution in [0.2, 0.25) is 0 Å². The summed E-state index contributed by atoms with van der Waals surface area (Å²) >= 11 is 0. The van der Waals surface area contributed by atoms with Gasteiger partial charge in [0, 0.05) is 32.8 Å². The molecule has 57 heavy (non-hydrogen) atoms. The maximum absolute atomic E-state index is 6.74. The normalized spacial score (nSPS) is 11.5. The van der Waals surface area contributed by atoms with Gasteiger partial charge in [-0.2, -0.15) is 0 Å². The van der Waals surface area contributed by atoms with E-state index >= 15 is 0 Å². The van der Waals surface area contributed by atoms with E-state index in [-0.39, 0.29) is 0 Å². The van der Waals surface area contributed by atoms with Gasteiger partial charge in [0.25, 0.3) is 0 Å². The molecule has 2 aromatic heterocycles. The molecule has 4 nitrogen and oxygen atoms in total. The molecule has 0 fully saturated rings. The van der Waals surface area contributed by atoms with Crippen molar-refractivity contribution in [3.63, 3.8) is 0 Å². The van der Waals surface area contributed by atoms with Crippen molar-refractivity contribution in [1.29, 1.82) is 0 Å². The molecule has 0 spiro atoms. The second kappa shape index (κ2) is 13.6. The maximum atomic E-state index is 6.74. The zero-order valence-electron chi connectivity index (χ0n) is 30.8. The number of furan rings is 1. The van der Waals surface area contributed by atoms with E-state index in [9.17, 15) is 0 Å². The molecule has 0 radical (unpaired) electrons. The Labute approximate surface area is 329 Å². The second-order valence-electron chi connectivity index (χ2n) is 14.3. The van der Waals surface area contributed by atoms with Crippen LogP contribution in [0.15, 0.2) is 205 Å². The number of fused-ring (bicyclic) bond motifs is 6. The molecular weight excluding hydrogens is 695 g/mol. The first-order valence-electron chi connectivity index (χ1n) is 19.2. The molecular formula is C53H33N3O. The van der Waals surface area contributed by atoms with Gasteiger partial charge in [-0.3, -0.25) is 0 Å². The Morgan fingerprint density at radius 2 is 0.754 bits per heavy atom. The van der Waals surface area contributed by atoms with Gasteiger partial charge in [-0.15, -0.1) is 0 Å². The van der Waals surface area contributed by atoms with Crippen LogP contribution in [-0.4, -0.2) is 15.0 Å². The van der Waals surface area contributed by atoms with E-state index in [4.69, 9.17) is 19.4 Å². The Kier molecular flexibility index (Phi) is 7.78. The summed E-state index contributed by atoms with van der Waals surface area (Å²) in [5, 5.41) is 6.64. The summed E-state index contributed by atoms with van der Waals surface area (Å²) in [6, 6.07) is 69.8. The number of benzene rings is 9. The molecule has 0 N–H and O–H groups in total. The van der Waals surface area contributed by atoms with Crippen LogP contribution < -0.4 is 0 Å². The van der Waals surface area contributed by atoms with Gasteiger partial charge in [-0.25, -0.2) is 15.0 Å². The van der Waals surface area contributed by atoms with E-state index in [1.807, 2.05) is 36.4 Å². The van der Waals surface area contributed by atoms with E-state index in [2.05, 4.69) is 164 Å². The average molecular weight is 728 g/mol. The molecule has 0 atom stereocenters. The van der Waals surface area contributed by atoms with E-state index in [1.54, 1.807) is 0 Å². The molecule has 11 rings (SSSR count). The fourth-order valence-corrected chi connectivity index (χ4v) is 8.24. The first-order valence-corrected chi connectivity index (χ1v) is 19.2. The van der Waals surface area contributed by atoms with Crippen LogP contribution in [0, 0.1) is 0 Å². The van der Waals surface area contributed by atoms with Crippen molar-refractivity contribution in [2.75, 3.05) is 0 Å². The van der Waals surface area contributed by atoms with Gasteiger partial charge in [0.1, 0.15) is 11.2 Å². The van der Waals surface area contributed by atoms with Crippen molar-refractivity contribution < 1.29 is 4.42 Å². The van der Waals surface area contributed by atoms with Crippen LogP contribution in [0.25, 0.3) is 111 Å². The van der Waals surface area contributed by atoms with Crippen LogP contribution >= 0.6 is 0 Å². The van der Waals surface area contributed by atoms with Crippen molar-refractivity contribution in [2.24, 2.45) is 0 Å². The van der Waals surface area contributed by atoms with Gasteiger partial charge in [0.15, 0.2) is 17.5 Å². The Hall–Kier alpha value is -7.69. The number of nitrogens with zero attached hydrogens (tertiary/aromatic N) is 3. The Balaban J connectivity index is 1.10. The quantitative estimate of drug-likeness (QED) is 0.171. The Morgan fingerprint density at radius 1 is 0.281 bits per heavy atom. The minimum Gasteiger partial charge on any atom is -0.455 e. The lowest BCUT2D eigenvalue weighted by molar-refractivity contribution is 0.673. The average Bonchev–Trinajstić information content (AvgIpc) is 3.68. The summed E-state index contributed by atoms with van der Waals surface area (Å²) in [5.41, 5.74) is 11.5. The molecule has 0 saturated heterocycles. The van der Waals surface area contributed by atoms with E-state index < -0.39 is 0 Å². The highest BCUT2D eigenvalue weighted by molar-refractivity contribution is 6.23. The van der Waals surface area contributed by atoms with Crippen molar-refractivity contribution in [1.82, 2.24) is 15.0 Å². The monoisotopic (exact) mass is 727 g/mol. The predicted octanol–water partition coefficient (Wildman–Crippen LogP) is 14.1. The number of aromatic nitrogens is 3. The fraction of sp³-hybridized carbons (Fsp3) is 0. The highest BCUT2D eigenvalue weighted by Crippen LogP contribution is 2.45. The van der Waals surface area contributed by atoms with Gasteiger partial charge >= 0.3 is 0 Å². The van der Waals surface area contributed by atoms with Gasteiger partial charge in [-0.05, 0) is 67.7 Å². The Bertz CT molecular complexity index is 3260. The van der Waals surface area contributed by atoms with Crippen molar-refractivity contribution in [2.45, 2.75) is 0 Å². The molecule has 0 aliphatic rings. The minimum atomic E-state index is 0.625. The topological polar surface area (TPSA) is 51.8 Å². The molecule has 0 aliphatic carbocycles. The van der Waals surface area contributed by atoms with Crippen molar-refractivity contribution >= 4 is 43.5 Å². The summed E-state index contributed by atoms with van der Waals surface area (Å²) in [5.74, 6) is 1.88. The highest BCUT2D eigenvalue weighted by atomic mass is 16.3. The standard InChI is InChI=1S/C53H33N3O/c1-4-15-34(16-5-1)35-27-29-38(30-28-35)52-54-51(37-19-8-3-9-20-37)55-53(56-52)45-32-31-42(39-21-10-11-22-40(39)45)43-25-14-26-48-49(43)47-33-46(36-17-6-2-7-18-36)41-23-12-13-24-44(41)50(47)57-48/h1-33H. The van der Waals surface area contributed by atoms with Gasteiger partial charge in [0.2, 0.25) is 0 Å². The van der Waals surface area contributed by atoms with Crippen LogP contribution in [0.4, 0.5) is 0 Å². The van der Waals surface area contributed by atoms with Crippen LogP contribution in [0.5, 0.6) is 0 Å². The molecule has 0 saturated carbocycles. The molecule has 266 valence electrons. The molecule has 2 heterocycles. The van der Waals surface area contributed by atoms with Crippen LogP contribution in [-0.2, 0) is 0 Å². The lowest BCUT2D eigenvalue weighted by Crippen LogP contribution is -2.00. The van der Waals surface area contributed by atoms with Crippen molar-refractivity contribution in [3.8, 4) is 67.5 Å². The fourth-order valence-electron chi connectivity index (χ4n) is 8.24. The second-order valence-corrected chi connectivity index (χ2v) is 14.3. The third-order valence-electron chi connectivity index (χ3n) is 11.0. The minimum absolute atomic E-state index is 0.625. The van der Waals surface area contributed by atoms with Crippen LogP contribution in [0.3, 0.4) is 0 Å². The summed E-state index contributed by atoms with van der Waals surface area (Å²) in [6.45, 7) is 0. The van der Waals surface area contributed by atoms with E-state index in [0.717, 1.165) is 71.5 Å². The molecule has 9 aromatic carbocycles. The first kappa shape index (κ1) is 32.7. The number of hydrogen-bond acceptors (Lipinski definition) is 4. The zero-order valence-corrected chi connectivity index (χ0v) is 30.8. The first-order chi connectivity index (χ1) is 28.3. The molecule has 11 aromatic rings. The lowest BCUT2D eigenvalue weighted by atomic mass is 9.90. The summed E-state index contributed by atoms with van der Waals surface area (Å²) in [7, 11) is 0. The third-order valence-corrected chi connectivity index (χ3v) is 11.0. The molecule has 0 unspecified atom stereocenters. The smallest absolute Gasteiger partial charge is 0.164 e. The van der Waals surface area contributed by atoms with Gasteiger partial charge in [0.05, 0.1) is 0 Å². The van der Waals surface area contributed by atoms with Crippen LogP contribution in [0.1, 0.15) is 0 Å². The largest absolute Gasteiger partial charge is 0.455 e. The maximum Gasteiger partial charge on any atom is 0.164 e. The van der Waals surface area contributed by atoms with Gasteiger partial charge in [-0.1, -0.05) is 182 Å². The van der Waals surface area contributed by atoms with E-state index in [1.165, 1.54) is 22.1 Å². The lowest BCUT2D eigenvalue weighted by Gasteiger charge is -2.14. The zero-order chi connectivity index (χ0) is 37.7. The predicted molar refractivity (Wildman–Crippen MR) is 235 cm³/mol. The number of hydrogen-bond donors (Lipinski definition) is 0. The molecule has 4 heteroatoms. The summed E-state index contributed by atoms with van der Waals surface area (Å²) < 4.78 is 6.74. The summed E-state index contributed by atoms with van der Waals surface area (Å²) in [4.78, 5) is 15.3. The Morgan fingerprint density at radius 3 is 1.42 bits per heavy atom. The molecule has 0 aliphatic heterocycles. The summed E-state index contributed by atoms with van der Waals surface area (Å²) in [6.07, 6.45) is 0. The van der Waals surface area contributed by atoms with E-state index in [0.29, 0.717) is 17.5 Å². The number of rotatable bonds is 6. The van der Waals surface area contributed by atoms with Gasteiger partial charge < -0.3 is 4.42 Å². The van der Waals surface area contributed by atoms with Crippen molar-refractivity contribution in [3.05, 3.63) is 200 Å². The highest BCUT2D eigenvalue weighted by Gasteiger charge is 2.21. The molecule has 0 amide bonds. The third kappa shape index (κ3) is 5.66. The SMILES string of the molecule is c1ccc(-c2ccc(-c3nc(-c4ccccc4)nc(-c4ccc(-c5cccc6oc7c8ccccc8c(-c8ccccc8)cc7c56)c5ccccc45)n3)cc2)cc1.